The van der Waals surface area contributed by atoms with Crippen molar-refractivity contribution in [1.29, 1.82) is 0 Å². The number of non-ortho nitro benzene ring substituents is 1. The molecule has 1 saturated heterocycles. The molecule has 0 spiro atoms. The number of nitro groups is 1. The van der Waals surface area contributed by atoms with Crippen LogP contribution in [0.25, 0.3) is 0 Å². The average molecular weight is 372 g/mol. The van der Waals surface area contributed by atoms with Gasteiger partial charge in [0, 0.05) is 30.6 Å². The third-order valence-corrected chi connectivity index (χ3v) is 7.39. The van der Waals surface area contributed by atoms with Gasteiger partial charge in [-0.1, -0.05) is 30.3 Å². The van der Waals surface area contributed by atoms with Crippen LogP contribution in [0.2, 0.25) is 0 Å². The molecule has 26 heavy (non-hydrogen) atoms. The average Bonchev–Trinajstić information content (AvgIpc) is 3.18. The van der Waals surface area contributed by atoms with Crippen LogP contribution in [-0.4, -0.2) is 37.0 Å². The van der Waals surface area contributed by atoms with Gasteiger partial charge in [0.2, 0.25) is 10.0 Å². The number of sulfonamides is 1. The molecular weight excluding hydrogens is 356 g/mol. The smallest absolute Gasteiger partial charge is 0.269 e. The zero-order valence-corrected chi connectivity index (χ0v) is 14.6. The number of nitro benzene ring substituents is 1. The Morgan fingerprint density at radius 1 is 1.04 bits per heavy atom. The fourth-order valence-electron chi connectivity index (χ4n) is 4.08. The first-order valence-electron chi connectivity index (χ1n) is 8.11. The Morgan fingerprint density at radius 2 is 1.69 bits per heavy atom. The molecule has 2 aromatic rings. The predicted molar refractivity (Wildman–Crippen MR) is 93.1 cm³/mol. The number of carbonyl (C=O) groups excluding carboxylic acids is 1. The topological polar surface area (TPSA) is 97.6 Å². The zero-order chi connectivity index (χ0) is 18.6. The molecule has 2 aromatic carbocycles. The van der Waals surface area contributed by atoms with E-state index in [1.54, 1.807) is 0 Å². The number of hydrogen-bond acceptors (Lipinski definition) is 5. The van der Waals surface area contributed by atoms with E-state index in [1.165, 1.54) is 28.6 Å². The SMILES string of the molecule is O=CC12CN(S(=O)(=O)c3ccc([N+](=O)[O-])cc3)CC1(c1ccccc1)C2. The summed E-state index contributed by atoms with van der Waals surface area (Å²) in [5, 5.41) is 10.8. The lowest BCUT2D eigenvalue weighted by atomic mass is 9.90. The minimum Gasteiger partial charge on any atom is -0.303 e. The van der Waals surface area contributed by atoms with Gasteiger partial charge >= 0.3 is 0 Å². The highest BCUT2D eigenvalue weighted by atomic mass is 32.2. The lowest BCUT2D eigenvalue weighted by molar-refractivity contribution is -0.384. The van der Waals surface area contributed by atoms with Crippen LogP contribution in [0.4, 0.5) is 5.69 Å². The summed E-state index contributed by atoms with van der Waals surface area (Å²) in [4.78, 5) is 22.0. The number of aldehydes is 1. The first-order valence-corrected chi connectivity index (χ1v) is 9.55. The number of piperidine rings is 1. The predicted octanol–water partition coefficient (Wildman–Crippen LogP) is 2.13. The van der Waals surface area contributed by atoms with Crippen molar-refractivity contribution < 1.29 is 18.1 Å². The highest BCUT2D eigenvalue weighted by molar-refractivity contribution is 7.89. The van der Waals surface area contributed by atoms with Crippen LogP contribution in [-0.2, 0) is 20.2 Å². The van der Waals surface area contributed by atoms with E-state index in [9.17, 15) is 23.3 Å². The Balaban J connectivity index is 1.67. The third-order valence-electron chi connectivity index (χ3n) is 5.59. The van der Waals surface area contributed by atoms with Gasteiger partial charge in [0.05, 0.1) is 15.2 Å². The van der Waals surface area contributed by atoms with Crippen molar-refractivity contribution >= 4 is 22.0 Å². The van der Waals surface area contributed by atoms with Crippen LogP contribution in [0, 0.1) is 15.5 Å². The Hall–Kier alpha value is -2.58. The van der Waals surface area contributed by atoms with Crippen molar-refractivity contribution in [3.05, 3.63) is 70.3 Å². The maximum atomic E-state index is 13.0. The number of benzene rings is 2. The summed E-state index contributed by atoms with van der Waals surface area (Å²) >= 11 is 0. The van der Waals surface area contributed by atoms with E-state index in [0.29, 0.717) is 6.42 Å². The Bertz CT molecular complexity index is 990. The van der Waals surface area contributed by atoms with Crippen molar-refractivity contribution in [2.45, 2.75) is 16.7 Å². The first kappa shape index (κ1) is 16.9. The Labute approximate surface area is 150 Å². The molecule has 1 saturated carbocycles. The minimum atomic E-state index is -3.83. The number of carbonyl (C=O) groups is 1. The van der Waals surface area contributed by atoms with Crippen molar-refractivity contribution in [2.24, 2.45) is 5.41 Å². The molecule has 8 heteroatoms. The molecule has 1 aliphatic heterocycles. The number of hydrogen-bond donors (Lipinski definition) is 0. The molecular formula is C18H16N2O5S. The van der Waals surface area contributed by atoms with E-state index in [2.05, 4.69) is 0 Å². The van der Waals surface area contributed by atoms with Gasteiger partial charge in [0.25, 0.3) is 5.69 Å². The number of nitrogens with zero attached hydrogens (tertiary/aromatic N) is 2. The van der Waals surface area contributed by atoms with Crippen LogP contribution in [0.1, 0.15) is 12.0 Å². The largest absolute Gasteiger partial charge is 0.303 e. The van der Waals surface area contributed by atoms with Gasteiger partial charge in [-0.05, 0) is 24.1 Å². The van der Waals surface area contributed by atoms with Crippen LogP contribution in [0.3, 0.4) is 0 Å². The van der Waals surface area contributed by atoms with Gasteiger partial charge in [0.1, 0.15) is 6.29 Å². The van der Waals surface area contributed by atoms with Gasteiger partial charge in [-0.25, -0.2) is 8.42 Å². The fraction of sp³-hybridized carbons (Fsp3) is 0.278. The summed E-state index contributed by atoms with van der Waals surface area (Å²) in [6, 6.07) is 14.3. The maximum Gasteiger partial charge on any atom is 0.269 e. The lowest BCUT2D eigenvalue weighted by Gasteiger charge is -2.21. The molecule has 2 aliphatic rings. The van der Waals surface area contributed by atoms with Crippen molar-refractivity contribution in [2.75, 3.05) is 13.1 Å². The van der Waals surface area contributed by atoms with Crippen LogP contribution in [0.5, 0.6) is 0 Å². The molecule has 134 valence electrons. The monoisotopic (exact) mass is 372 g/mol. The zero-order valence-electron chi connectivity index (χ0n) is 13.7. The quantitative estimate of drug-likeness (QED) is 0.455. The van der Waals surface area contributed by atoms with Gasteiger partial charge in [-0.15, -0.1) is 0 Å². The van der Waals surface area contributed by atoms with Crippen LogP contribution >= 0.6 is 0 Å². The Kier molecular flexibility index (Phi) is 3.54. The van der Waals surface area contributed by atoms with Gasteiger partial charge in [0.15, 0.2) is 0 Å². The molecule has 1 aliphatic carbocycles. The molecule has 0 aromatic heterocycles. The van der Waals surface area contributed by atoms with Crippen molar-refractivity contribution in [1.82, 2.24) is 4.31 Å². The summed E-state index contributed by atoms with van der Waals surface area (Å²) in [6.45, 7) is 0.361. The molecule has 2 fully saturated rings. The second kappa shape index (κ2) is 5.46. The van der Waals surface area contributed by atoms with E-state index in [4.69, 9.17) is 0 Å². The van der Waals surface area contributed by atoms with E-state index in [0.717, 1.165) is 11.8 Å². The molecule has 0 amide bonds. The van der Waals surface area contributed by atoms with E-state index >= 15 is 0 Å². The highest BCUT2D eigenvalue weighted by Gasteiger charge is 2.74. The summed E-state index contributed by atoms with van der Waals surface area (Å²) in [6.07, 6.45) is 1.52. The molecule has 0 N–H and O–H groups in total. The molecule has 7 nitrogen and oxygen atoms in total. The molecule has 0 radical (unpaired) electrons. The summed E-state index contributed by atoms with van der Waals surface area (Å²) < 4.78 is 27.2. The fourth-order valence-corrected chi connectivity index (χ4v) is 5.64. The molecule has 1 heterocycles. The minimum absolute atomic E-state index is 0.00587. The highest BCUT2D eigenvalue weighted by Crippen LogP contribution is 2.68. The number of fused-ring (bicyclic) bond motifs is 1. The summed E-state index contributed by atoms with van der Waals surface area (Å²) in [5.74, 6) is 0. The van der Waals surface area contributed by atoms with Gasteiger partial charge < -0.3 is 4.79 Å². The maximum absolute atomic E-state index is 13.0. The molecule has 2 atom stereocenters. The summed E-state index contributed by atoms with van der Waals surface area (Å²) in [5.41, 5.74) is -0.377. The van der Waals surface area contributed by atoms with Crippen molar-refractivity contribution in [3.63, 3.8) is 0 Å². The van der Waals surface area contributed by atoms with Crippen molar-refractivity contribution in [3.8, 4) is 0 Å². The molecule has 0 bridgehead atoms. The summed E-state index contributed by atoms with van der Waals surface area (Å²) in [7, 11) is -3.83. The first-order chi connectivity index (χ1) is 12.3. The van der Waals surface area contributed by atoms with E-state index in [-0.39, 0.29) is 23.7 Å². The second-order valence-electron chi connectivity index (χ2n) is 6.92. The molecule has 4 rings (SSSR count). The lowest BCUT2D eigenvalue weighted by Crippen LogP contribution is -2.33. The second-order valence-corrected chi connectivity index (χ2v) is 8.86. The van der Waals surface area contributed by atoms with E-state index < -0.39 is 25.8 Å². The van der Waals surface area contributed by atoms with Crippen LogP contribution < -0.4 is 0 Å². The van der Waals surface area contributed by atoms with E-state index in [1.807, 2.05) is 30.3 Å². The standard InChI is InChI=1S/C18H16N2O5S/c21-13-17-10-18(17,14-4-2-1-3-5-14)12-19(11-17)26(24,25)16-8-6-15(7-9-16)20(22)23/h1-9,13H,10-12H2. The van der Waals surface area contributed by atoms with Gasteiger partial charge in [-0.2, -0.15) is 4.31 Å². The normalized spacial score (nSPS) is 27.7. The Morgan fingerprint density at radius 3 is 2.27 bits per heavy atom. The van der Waals surface area contributed by atoms with Gasteiger partial charge in [-0.3, -0.25) is 10.1 Å². The molecule has 2 unspecified atom stereocenters. The third kappa shape index (κ3) is 2.22. The number of rotatable bonds is 5. The van der Waals surface area contributed by atoms with Crippen LogP contribution in [0.15, 0.2) is 59.5 Å².